The standard InChI is InChI=1S/C10H15NO/c1-9(5-7-12-2)10-4-3-6-11-8-10/h3-4,6,8-9H,5,7H2,1-2H3. The van der Waals surface area contributed by atoms with Gasteiger partial charge in [-0.15, -0.1) is 0 Å². The monoisotopic (exact) mass is 165 g/mol. The van der Waals surface area contributed by atoms with Gasteiger partial charge in [0.05, 0.1) is 0 Å². The molecule has 0 spiro atoms. The molecular formula is C10H15NO. The highest BCUT2D eigenvalue weighted by molar-refractivity contribution is 5.13. The highest BCUT2D eigenvalue weighted by Crippen LogP contribution is 2.16. The lowest BCUT2D eigenvalue weighted by atomic mass is 10.0. The van der Waals surface area contributed by atoms with Crippen molar-refractivity contribution in [1.82, 2.24) is 4.98 Å². The fourth-order valence-electron chi connectivity index (χ4n) is 1.13. The molecule has 1 heterocycles. The molecule has 0 bridgehead atoms. The smallest absolute Gasteiger partial charge is 0.0468 e. The minimum absolute atomic E-state index is 0.540. The molecule has 2 nitrogen and oxygen atoms in total. The largest absolute Gasteiger partial charge is 0.385 e. The van der Waals surface area contributed by atoms with Crippen LogP contribution in [-0.4, -0.2) is 18.7 Å². The van der Waals surface area contributed by atoms with Gasteiger partial charge in [0.15, 0.2) is 0 Å². The summed E-state index contributed by atoms with van der Waals surface area (Å²) in [7, 11) is 1.73. The highest BCUT2D eigenvalue weighted by atomic mass is 16.5. The first-order valence-electron chi connectivity index (χ1n) is 4.23. The minimum atomic E-state index is 0.540. The molecule has 1 unspecified atom stereocenters. The van der Waals surface area contributed by atoms with Gasteiger partial charge in [0.2, 0.25) is 0 Å². The first-order chi connectivity index (χ1) is 5.84. The van der Waals surface area contributed by atoms with Gasteiger partial charge in [0, 0.05) is 26.1 Å². The van der Waals surface area contributed by atoms with Crippen molar-refractivity contribution in [3.05, 3.63) is 30.1 Å². The Kier molecular flexibility index (Phi) is 3.74. The van der Waals surface area contributed by atoms with E-state index in [4.69, 9.17) is 4.74 Å². The summed E-state index contributed by atoms with van der Waals surface area (Å²) in [4.78, 5) is 4.07. The molecule has 2 heteroatoms. The molecule has 0 saturated carbocycles. The summed E-state index contributed by atoms with van der Waals surface area (Å²) in [5.74, 6) is 0.540. The van der Waals surface area contributed by atoms with Crippen LogP contribution < -0.4 is 0 Å². The quantitative estimate of drug-likeness (QED) is 0.682. The zero-order valence-corrected chi connectivity index (χ0v) is 7.66. The summed E-state index contributed by atoms with van der Waals surface area (Å²) in [6.07, 6.45) is 4.77. The molecule has 1 aromatic heterocycles. The van der Waals surface area contributed by atoms with E-state index >= 15 is 0 Å². The van der Waals surface area contributed by atoms with E-state index < -0.39 is 0 Å². The Morgan fingerprint density at radius 2 is 2.42 bits per heavy atom. The summed E-state index contributed by atoms with van der Waals surface area (Å²) in [6, 6.07) is 4.08. The average molecular weight is 165 g/mol. The predicted molar refractivity (Wildman–Crippen MR) is 49.1 cm³/mol. The third kappa shape index (κ3) is 2.62. The Balaban J connectivity index is 2.48. The zero-order valence-electron chi connectivity index (χ0n) is 7.66. The third-order valence-corrected chi connectivity index (χ3v) is 2.01. The molecule has 0 saturated heterocycles. The van der Waals surface area contributed by atoms with Gasteiger partial charge in [0.25, 0.3) is 0 Å². The van der Waals surface area contributed by atoms with Crippen LogP contribution in [0.15, 0.2) is 24.5 Å². The SMILES string of the molecule is COCCC(C)c1cccnc1. The van der Waals surface area contributed by atoms with Gasteiger partial charge < -0.3 is 4.74 Å². The maximum atomic E-state index is 5.01. The van der Waals surface area contributed by atoms with Crippen LogP contribution in [0.4, 0.5) is 0 Å². The van der Waals surface area contributed by atoms with Crippen LogP contribution in [0.2, 0.25) is 0 Å². The van der Waals surface area contributed by atoms with Crippen molar-refractivity contribution >= 4 is 0 Å². The molecule has 0 aromatic carbocycles. The van der Waals surface area contributed by atoms with Crippen molar-refractivity contribution in [3.63, 3.8) is 0 Å². The van der Waals surface area contributed by atoms with Crippen LogP contribution in [-0.2, 0) is 4.74 Å². The second kappa shape index (κ2) is 4.88. The molecule has 1 aromatic rings. The topological polar surface area (TPSA) is 22.1 Å². The van der Waals surface area contributed by atoms with Gasteiger partial charge in [-0.1, -0.05) is 13.0 Å². The average Bonchev–Trinajstić information content (AvgIpc) is 2.15. The summed E-state index contributed by atoms with van der Waals surface area (Å²) in [5, 5.41) is 0. The second-order valence-corrected chi connectivity index (χ2v) is 2.97. The van der Waals surface area contributed by atoms with Crippen molar-refractivity contribution in [1.29, 1.82) is 0 Å². The van der Waals surface area contributed by atoms with E-state index in [-0.39, 0.29) is 0 Å². The van der Waals surface area contributed by atoms with Crippen molar-refractivity contribution in [2.24, 2.45) is 0 Å². The lowest BCUT2D eigenvalue weighted by Gasteiger charge is -2.09. The molecule has 12 heavy (non-hydrogen) atoms. The Bertz CT molecular complexity index is 210. The molecule has 1 atom stereocenters. The molecule has 0 N–H and O–H groups in total. The van der Waals surface area contributed by atoms with Gasteiger partial charge in [-0.3, -0.25) is 4.98 Å². The number of hydrogen-bond donors (Lipinski definition) is 0. The zero-order chi connectivity index (χ0) is 8.81. The normalized spacial score (nSPS) is 12.8. The summed E-state index contributed by atoms with van der Waals surface area (Å²) < 4.78 is 5.01. The van der Waals surface area contributed by atoms with Crippen molar-refractivity contribution in [3.8, 4) is 0 Å². The number of aromatic nitrogens is 1. The van der Waals surface area contributed by atoms with E-state index in [1.807, 2.05) is 12.3 Å². The second-order valence-electron chi connectivity index (χ2n) is 2.97. The van der Waals surface area contributed by atoms with E-state index in [9.17, 15) is 0 Å². The van der Waals surface area contributed by atoms with Crippen LogP contribution in [0.25, 0.3) is 0 Å². The number of methoxy groups -OCH3 is 1. The van der Waals surface area contributed by atoms with Crippen molar-refractivity contribution < 1.29 is 4.74 Å². The summed E-state index contributed by atoms with van der Waals surface area (Å²) in [5.41, 5.74) is 1.29. The number of hydrogen-bond acceptors (Lipinski definition) is 2. The third-order valence-electron chi connectivity index (χ3n) is 2.01. The molecule has 0 aliphatic rings. The van der Waals surface area contributed by atoms with E-state index in [2.05, 4.69) is 18.0 Å². The van der Waals surface area contributed by atoms with Crippen LogP contribution in [0.1, 0.15) is 24.8 Å². The molecule has 0 fully saturated rings. The number of ether oxygens (including phenoxy) is 1. The predicted octanol–water partition coefficient (Wildman–Crippen LogP) is 2.22. The molecule has 66 valence electrons. The molecule has 0 aliphatic heterocycles. The van der Waals surface area contributed by atoms with Gasteiger partial charge >= 0.3 is 0 Å². The number of pyridine rings is 1. The lowest BCUT2D eigenvalue weighted by Crippen LogP contribution is -1.98. The number of nitrogens with zero attached hydrogens (tertiary/aromatic N) is 1. The van der Waals surface area contributed by atoms with E-state index in [0.29, 0.717) is 5.92 Å². The molecule has 0 radical (unpaired) electrons. The maximum Gasteiger partial charge on any atom is 0.0468 e. The van der Waals surface area contributed by atoms with Gasteiger partial charge in [-0.25, -0.2) is 0 Å². The number of rotatable bonds is 4. The minimum Gasteiger partial charge on any atom is -0.385 e. The van der Waals surface area contributed by atoms with E-state index in [0.717, 1.165) is 13.0 Å². The van der Waals surface area contributed by atoms with Crippen LogP contribution in [0, 0.1) is 0 Å². The van der Waals surface area contributed by atoms with Gasteiger partial charge in [-0.05, 0) is 24.0 Å². The van der Waals surface area contributed by atoms with Gasteiger partial charge in [0.1, 0.15) is 0 Å². The Hall–Kier alpha value is -0.890. The van der Waals surface area contributed by atoms with Gasteiger partial charge in [-0.2, -0.15) is 0 Å². The van der Waals surface area contributed by atoms with E-state index in [1.165, 1.54) is 5.56 Å². The fraction of sp³-hybridized carbons (Fsp3) is 0.500. The van der Waals surface area contributed by atoms with Crippen LogP contribution in [0.3, 0.4) is 0 Å². The molecule has 1 rings (SSSR count). The highest BCUT2D eigenvalue weighted by Gasteiger charge is 2.03. The fourth-order valence-corrected chi connectivity index (χ4v) is 1.13. The Morgan fingerprint density at radius 1 is 1.58 bits per heavy atom. The molecule has 0 amide bonds. The first kappa shape index (κ1) is 9.20. The van der Waals surface area contributed by atoms with Crippen LogP contribution in [0.5, 0.6) is 0 Å². The maximum absolute atomic E-state index is 5.01. The molecule has 0 aliphatic carbocycles. The lowest BCUT2D eigenvalue weighted by molar-refractivity contribution is 0.189. The van der Waals surface area contributed by atoms with Crippen molar-refractivity contribution in [2.75, 3.05) is 13.7 Å². The Morgan fingerprint density at radius 3 is 3.00 bits per heavy atom. The van der Waals surface area contributed by atoms with Crippen LogP contribution >= 0.6 is 0 Å². The first-order valence-corrected chi connectivity index (χ1v) is 4.23. The van der Waals surface area contributed by atoms with E-state index in [1.54, 1.807) is 13.3 Å². The molecular weight excluding hydrogens is 150 g/mol. The van der Waals surface area contributed by atoms with Crippen molar-refractivity contribution in [2.45, 2.75) is 19.3 Å². The summed E-state index contributed by atoms with van der Waals surface area (Å²) in [6.45, 7) is 3.01. The Labute approximate surface area is 73.6 Å². The summed E-state index contributed by atoms with van der Waals surface area (Å²) >= 11 is 0.